The van der Waals surface area contributed by atoms with Gasteiger partial charge in [0.15, 0.2) is 11.2 Å². The molecule has 0 aliphatic carbocycles. The van der Waals surface area contributed by atoms with Gasteiger partial charge in [-0.15, -0.1) is 0 Å². The van der Waals surface area contributed by atoms with E-state index in [0.29, 0.717) is 6.04 Å². The first-order valence-corrected chi connectivity index (χ1v) is 10.8. The molecule has 1 aromatic heterocycles. The van der Waals surface area contributed by atoms with Gasteiger partial charge >= 0.3 is 35.8 Å². The fourth-order valence-electron chi connectivity index (χ4n) is 3.33. The summed E-state index contributed by atoms with van der Waals surface area (Å²) in [7, 11) is 2.19. The van der Waals surface area contributed by atoms with Gasteiger partial charge in [0, 0.05) is 18.4 Å². The van der Waals surface area contributed by atoms with E-state index in [0.717, 1.165) is 0 Å². The molecule has 0 unspecified atom stereocenters. The van der Waals surface area contributed by atoms with Crippen LogP contribution in [0.5, 0.6) is 0 Å². The average Bonchev–Trinajstić information content (AvgIpc) is 3.18. The highest BCUT2D eigenvalue weighted by Crippen LogP contribution is 2.29. The minimum absolute atomic E-state index is 0.610. The number of hydrogen-bond acceptors (Lipinski definition) is 10. The molecular weight excluding hydrogens is 516 g/mol. The minimum Gasteiger partial charge on any atom is -0.481 e. The lowest BCUT2D eigenvalue weighted by molar-refractivity contribution is -0.170. The highest BCUT2D eigenvalue weighted by molar-refractivity contribution is 5.88. The lowest BCUT2D eigenvalue weighted by Gasteiger charge is -2.18. The lowest BCUT2D eigenvalue weighted by atomic mass is 9.96. The normalized spacial score (nSPS) is 15.2. The molecule has 0 bridgehead atoms. The summed E-state index contributed by atoms with van der Waals surface area (Å²) in [5.74, 6) is -10.0. The Labute approximate surface area is 215 Å². The number of aliphatic carboxylic acids is 6. The average molecular weight is 546 g/mol. The fraction of sp³-hybridized carbons (Fsp3) is 0.500. The van der Waals surface area contributed by atoms with Gasteiger partial charge < -0.3 is 40.9 Å². The van der Waals surface area contributed by atoms with Crippen molar-refractivity contribution in [1.82, 2.24) is 9.88 Å². The molecule has 1 saturated heterocycles. The van der Waals surface area contributed by atoms with E-state index < -0.39 is 72.7 Å². The summed E-state index contributed by atoms with van der Waals surface area (Å²) in [6, 6.07) is 4.79. The molecule has 8 N–H and O–H groups in total. The van der Waals surface area contributed by atoms with Crippen molar-refractivity contribution in [3.63, 3.8) is 0 Å². The number of carbonyl (C=O) groups is 6. The van der Waals surface area contributed by atoms with Gasteiger partial charge in [0.25, 0.3) is 0 Å². The van der Waals surface area contributed by atoms with Crippen LogP contribution in [-0.2, 0) is 28.8 Å². The highest BCUT2D eigenvalue weighted by Gasteiger charge is 2.41. The Balaban J connectivity index is 0.000000540. The van der Waals surface area contributed by atoms with Crippen molar-refractivity contribution in [3.8, 4) is 0 Å². The van der Waals surface area contributed by atoms with Crippen molar-refractivity contribution in [1.29, 1.82) is 0 Å². The topological polar surface area (TPSA) is 280 Å². The summed E-state index contributed by atoms with van der Waals surface area (Å²) < 4.78 is 0. The molecular formula is C22H30N2O14. The third-order valence-corrected chi connectivity index (χ3v) is 5.16. The standard InChI is InChI=1S/C10H14N2.2C6H8O7/c1-12-7-3-5-10(12)9-4-2-6-11-8-9;2*7-3(8)1-6(13,5(11)12)2-4(9)10/h2,4,6,8,10H,3,5,7H2,1H3;2*13H,1-2H2,(H,7,8)(H,9,10)(H,11,12)/t10-;;/m0../s1. The number of pyridine rings is 1. The van der Waals surface area contributed by atoms with Crippen LogP contribution >= 0.6 is 0 Å². The van der Waals surface area contributed by atoms with Crippen LogP contribution in [-0.4, -0.2) is 111 Å². The zero-order valence-corrected chi connectivity index (χ0v) is 20.3. The van der Waals surface area contributed by atoms with E-state index in [2.05, 4.69) is 23.0 Å². The number of carboxylic acids is 6. The van der Waals surface area contributed by atoms with Crippen LogP contribution in [0.25, 0.3) is 0 Å². The molecule has 2 heterocycles. The summed E-state index contributed by atoms with van der Waals surface area (Å²) >= 11 is 0. The third-order valence-electron chi connectivity index (χ3n) is 5.16. The Morgan fingerprint density at radius 3 is 1.45 bits per heavy atom. The molecule has 0 radical (unpaired) electrons. The monoisotopic (exact) mass is 546 g/mol. The molecule has 0 amide bonds. The van der Waals surface area contributed by atoms with Gasteiger partial charge in [-0.05, 0) is 38.1 Å². The number of nitrogens with zero attached hydrogens (tertiary/aromatic N) is 2. The molecule has 2 rings (SSSR count). The smallest absolute Gasteiger partial charge is 0.336 e. The predicted molar refractivity (Wildman–Crippen MR) is 123 cm³/mol. The Kier molecular flexibility index (Phi) is 13.5. The van der Waals surface area contributed by atoms with E-state index in [1.54, 1.807) is 0 Å². The first-order chi connectivity index (χ1) is 17.4. The van der Waals surface area contributed by atoms with E-state index in [4.69, 9.17) is 40.9 Å². The number of rotatable bonds is 11. The zero-order chi connectivity index (χ0) is 29.7. The molecule has 0 spiro atoms. The molecule has 1 atom stereocenters. The molecule has 0 aromatic carbocycles. The van der Waals surface area contributed by atoms with Crippen molar-refractivity contribution in [3.05, 3.63) is 30.1 Å². The van der Waals surface area contributed by atoms with Gasteiger partial charge in [-0.1, -0.05) is 6.07 Å². The number of likely N-dealkylation sites (tertiary alicyclic amines) is 1. The van der Waals surface area contributed by atoms with Crippen LogP contribution in [0.1, 0.15) is 50.1 Å². The van der Waals surface area contributed by atoms with Gasteiger partial charge in [-0.25, -0.2) is 9.59 Å². The van der Waals surface area contributed by atoms with Crippen LogP contribution < -0.4 is 0 Å². The maximum Gasteiger partial charge on any atom is 0.336 e. The largest absolute Gasteiger partial charge is 0.481 e. The number of hydrogen-bond donors (Lipinski definition) is 8. The molecule has 1 fully saturated rings. The van der Waals surface area contributed by atoms with Crippen LogP contribution in [0.15, 0.2) is 24.5 Å². The second kappa shape index (κ2) is 15.2. The van der Waals surface area contributed by atoms with Crippen molar-refractivity contribution < 1.29 is 69.6 Å². The van der Waals surface area contributed by atoms with Gasteiger partial charge in [0.1, 0.15) is 0 Å². The molecule has 0 saturated carbocycles. The quantitative estimate of drug-likeness (QED) is 0.171. The minimum atomic E-state index is -2.74. The van der Waals surface area contributed by atoms with Crippen molar-refractivity contribution in [2.45, 2.75) is 55.8 Å². The number of carboxylic acid groups (broad SMARTS) is 6. The third kappa shape index (κ3) is 12.2. The maximum atomic E-state index is 10.3. The molecule has 212 valence electrons. The van der Waals surface area contributed by atoms with Crippen LogP contribution in [0.3, 0.4) is 0 Å². The Morgan fingerprint density at radius 2 is 1.21 bits per heavy atom. The van der Waals surface area contributed by atoms with E-state index >= 15 is 0 Å². The molecule has 1 aliphatic heterocycles. The summed E-state index contributed by atoms with van der Waals surface area (Å²) in [4.78, 5) is 67.5. The SMILES string of the molecule is CN1CCC[C@H]1c1cccnc1.O=C(O)CC(O)(CC(=O)O)C(=O)O.O=C(O)CC(O)(CC(=O)O)C(=O)O. The number of aliphatic hydroxyl groups is 2. The van der Waals surface area contributed by atoms with E-state index in [-0.39, 0.29) is 0 Å². The molecule has 1 aromatic rings. The van der Waals surface area contributed by atoms with Crippen molar-refractivity contribution >= 4 is 35.8 Å². The molecule has 1 aliphatic rings. The molecule has 16 heteroatoms. The summed E-state index contributed by atoms with van der Waals surface area (Å²) in [5.41, 5.74) is -4.12. The second-order valence-electron chi connectivity index (χ2n) is 8.38. The maximum absolute atomic E-state index is 10.3. The summed E-state index contributed by atoms with van der Waals surface area (Å²) in [5, 5.41) is 67.6. The Morgan fingerprint density at radius 1 is 0.816 bits per heavy atom. The van der Waals surface area contributed by atoms with Gasteiger partial charge in [-0.2, -0.15) is 0 Å². The summed E-state index contributed by atoms with van der Waals surface area (Å²) in [6.07, 6.45) is 1.83. The van der Waals surface area contributed by atoms with Crippen molar-refractivity contribution in [2.24, 2.45) is 0 Å². The van der Waals surface area contributed by atoms with Crippen LogP contribution in [0, 0.1) is 0 Å². The van der Waals surface area contributed by atoms with Gasteiger partial charge in [-0.3, -0.25) is 29.1 Å². The Bertz CT molecular complexity index is 913. The van der Waals surface area contributed by atoms with Crippen LogP contribution in [0.2, 0.25) is 0 Å². The Hall–Kier alpha value is -4.15. The van der Waals surface area contributed by atoms with Gasteiger partial charge in [0.2, 0.25) is 0 Å². The van der Waals surface area contributed by atoms with E-state index in [1.165, 1.54) is 24.9 Å². The molecule has 16 nitrogen and oxygen atoms in total. The van der Waals surface area contributed by atoms with Crippen LogP contribution in [0.4, 0.5) is 0 Å². The first kappa shape index (κ1) is 33.8. The lowest BCUT2D eigenvalue weighted by Crippen LogP contribution is -2.42. The fourth-order valence-corrected chi connectivity index (χ4v) is 3.33. The predicted octanol–water partition coefficient (Wildman–Crippen LogP) is -0.649. The second-order valence-corrected chi connectivity index (χ2v) is 8.38. The number of aromatic nitrogens is 1. The highest BCUT2D eigenvalue weighted by atomic mass is 16.4. The summed E-state index contributed by atoms with van der Waals surface area (Å²) in [6.45, 7) is 1.22. The zero-order valence-electron chi connectivity index (χ0n) is 20.3. The molecule has 38 heavy (non-hydrogen) atoms. The van der Waals surface area contributed by atoms with Gasteiger partial charge in [0.05, 0.1) is 25.7 Å². The van der Waals surface area contributed by atoms with E-state index in [1.807, 2.05) is 18.5 Å². The first-order valence-electron chi connectivity index (χ1n) is 10.8. The van der Waals surface area contributed by atoms with Crippen molar-refractivity contribution in [2.75, 3.05) is 13.6 Å². The van der Waals surface area contributed by atoms with E-state index in [9.17, 15) is 28.8 Å².